The number of hydrogen-bond acceptors (Lipinski definition) is 2. The van der Waals surface area contributed by atoms with E-state index in [0.29, 0.717) is 17.9 Å². The molecule has 0 spiro atoms. The second kappa shape index (κ2) is 4.59. The van der Waals surface area contributed by atoms with E-state index in [1.54, 1.807) is 0 Å². The topological polar surface area (TPSA) is 38.0 Å². The van der Waals surface area contributed by atoms with Crippen LogP contribution in [0.4, 0.5) is 8.78 Å². The molecule has 2 nitrogen and oxygen atoms in total. The third kappa shape index (κ3) is 2.27. The minimum atomic E-state index is -0.532. The van der Waals surface area contributed by atoms with Crippen molar-refractivity contribution in [3.05, 3.63) is 35.4 Å². The Morgan fingerprint density at radius 1 is 1.22 bits per heavy atom. The zero-order chi connectivity index (χ0) is 12.7. The number of fused-ring (bicyclic) bond motifs is 1. The molecule has 3 N–H and O–H groups in total. The van der Waals surface area contributed by atoms with Crippen LogP contribution in [0, 0.1) is 29.4 Å². The van der Waals surface area contributed by atoms with Crippen LogP contribution < -0.4 is 11.3 Å². The Balaban J connectivity index is 1.69. The summed E-state index contributed by atoms with van der Waals surface area (Å²) in [5.74, 6) is 6.88. The smallest absolute Gasteiger partial charge is 0.129 e. The van der Waals surface area contributed by atoms with E-state index in [1.807, 2.05) is 0 Å². The third-order valence-corrected chi connectivity index (χ3v) is 4.52. The van der Waals surface area contributed by atoms with Crippen LogP contribution in [-0.4, -0.2) is 6.04 Å². The highest BCUT2D eigenvalue weighted by atomic mass is 19.1. The molecule has 0 heterocycles. The zero-order valence-corrected chi connectivity index (χ0v) is 10.2. The maximum absolute atomic E-state index is 13.6. The Morgan fingerprint density at radius 3 is 2.56 bits per heavy atom. The Kier molecular flexibility index (Phi) is 3.08. The summed E-state index contributed by atoms with van der Waals surface area (Å²) >= 11 is 0. The second-order valence-corrected chi connectivity index (χ2v) is 5.70. The lowest BCUT2D eigenvalue weighted by atomic mass is 9.90. The van der Waals surface area contributed by atoms with Crippen LogP contribution in [0.1, 0.15) is 24.8 Å². The van der Waals surface area contributed by atoms with Gasteiger partial charge in [0.05, 0.1) is 0 Å². The van der Waals surface area contributed by atoms with Crippen LogP contribution in [0.3, 0.4) is 0 Å². The predicted octanol–water partition coefficient (Wildman–Crippen LogP) is 2.39. The van der Waals surface area contributed by atoms with Crippen molar-refractivity contribution in [3.63, 3.8) is 0 Å². The molecule has 0 aliphatic heterocycles. The van der Waals surface area contributed by atoms with Gasteiger partial charge in [-0.25, -0.2) is 8.78 Å². The van der Waals surface area contributed by atoms with Gasteiger partial charge in [-0.05, 0) is 55.1 Å². The number of nitrogens with two attached hydrogens (primary N) is 1. The Morgan fingerprint density at radius 2 is 1.94 bits per heavy atom. The summed E-state index contributed by atoms with van der Waals surface area (Å²) in [5.41, 5.74) is 3.36. The van der Waals surface area contributed by atoms with Gasteiger partial charge in [-0.1, -0.05) is 6.07 Å². The molecular weight excluding hydrogens is 234 g/mol. The summed E-state index contributed by atoms with van der Waals surface area (Å²) in [6, 6.07) is 3.86. The normalized spacial score (nSPS) is 31.2. The van der Waals surface area contributed by atoms with Crippen molar-refractivity contribution in [2.45, 2.75) is 31.7 Å². The summed E-state index contributed by atoms with van der Waals surface area (Å²) in [4.78, 5) is 0. The maximum Gasteiger partial charge on any atom is 0.129 e. The molecule has 0 amide bonds. The van der Waals surface area contributed by atoms with Crippen LogP contribution in [0.5, 0.6) is 0 Å². The molecule has 0 saturated heterocycles. The number of nitrogens with one attached hydrogen (secondary N) is 1. The highest BCUT2D eigenvalue weighted by molar-refractivity contribution is 5.20. The monoisotopic (exact) mass is 252 g/mol. The van der Waals surface area contributed by atoms with Crippen molar-refractivity contribution in [1.82, 2.24) is 5.43 Å². The summed E-state index contributed by atoms with van der Waals surface area (Å²) in [5, 5.41) is 0. The minimum absolute atomic E-state index is 0.0951. The first kappa shape index (κ1) is 12.1. The van der Waals surface area contributed by atoms with E-state index in [0.717, 1.165) is 17.9 Å². The molecule has 2 fully saturated rings. The molecule has 3 rings (SSSR count). The van der Waals surface area contributed by atoms with Crippen LogP contribution in [0.25, 0.3) is 0 Å². The molecular formula is C14H18F2N2. The number of rotatable bonds is 4. The summed E-state index contributed by atoms with van der Waals surface area (Å²) < 4.78 is 26.5. The van der Waals surface area contributed by atoms with Gasteiger partial charge in [0, 0.05) is 12.1 Å². The van der Waals surface area contributed by atoms with Crippen molar-refractivity contribution >= 4 is 0 Å². The van der Waals surface area contributed by atoms with E-state index in [2.05, 4.69) is 5.43 Å². The van der Waals surface area contributed by atoms with E-state index >= 15 is 0 Å². The molecule has 0 aromatic heterocycles. The quantitative estimate of drug-likeness (QED) is 0.638. The average molecular weight is 252 g/mol. The van der Waals surface area contributed by atoms with Gasteiger partial charge in [-0.3, -0.25) is 11.3 Å². The van der Waals surface area contributed by atoms with Gasteiger partial charge in [-0.15, -0.1) is 0 Å². The molecule has 3 atom stereocenters. The Labute approximate surface area is 106 Å². The van der Waals surface area contributed by atoms with Gasteiger partial charge in [0.2, 0.25) is 0 Å². The fraction of sp³-hybridized carbons (Fsp3) is 0.571. The Bertz CT molecular complexity index is 439. The maximum atomic E-state index is 13.6. The molecule has 2 aliphatic rings. The van der Waals surface area contributed by atoms with Crippen LogP contribution in [0.2, 0.25) is 0 Å². The molecule has 0 bridgehead atoms. The fourth-order valence-electron chi connectivity index (χ4n) is 3.38. The second-order valence-electron chi connectivity index (χ2n) is 5.70. The molecule has 1 aromatic rings. The number of halogens is 2. The van der Waals surface area contributed by atoms with Gasteiger partial charge in [0.1, 0.15) is 11.6 Å². The molecule has 0 radical (unpaired) electrons. The van der Waals surface area contributed by atoms with Crippen molar-refractivity contribution in [2.24, 2.45) is 23.6 Å². The van der Waals surface area contributed by atoms with Crippen molar-refractivity contribution in [1.29, 1.82) is 0 Å². The van der Waals surface area contributed by atoms with Gasteiger partial charge < -0.3 is 0 Å². The molecule has 4 heteroatoms. The first-order chi connectivity index (χ1) is 8.67. The number of benzene rings is 1. The van der Waals surface area contributed by atoms with E-state index in [9.17, 15) is 8.78 Å². The SMILES string of the molecule is NNC(Cc1ccc(F)cc1F)C1CC2CC2C1. The Hall–Kier alpha value is -1.00. The predicted molar refractivity (Wildman–Crippen MR) is 65.5 cm³/mol. The minimum Gasteiger partial charge on any atom is -0.271 e. The summed E-state index contributed by atoms with van der Waals surface area (Å²) in [6.45, 7) is 0. The standard InChI is InChI=1S/C14H18F2N2/c15-12-2-1-8(13(16)7-12)6-14(18-17)11-4-9-3-10(9)5-11/h1-2,7,9-11,14,18H,3-6,17H2. The highest BCUT2D eigenvalue weighted by Crippen LogP contribution is 2.55. The van der Waals surface area contributed by atoms with Gasteiger partial charge in [0.15, 0.2) is 0 Å². The van der Waals surface area contributed by atoms with Gasteiger partial charge in [0.25, 0.3) is 0 Å². The van der Waals surface area contributed by atoms with Crippen molar-refractivity contribution < 1.29 is 8.78 Å². The highest BCUT2D eigenvalue weighted by Gasteiger charge is 2.47. The first-order valence-electron chi connectivity index (χ1n) is 6.57. The number of hydrogen-bond donors (Lipinski definition) is 2. The molecule has 1 aromatic carbocycles. The largest absolute Gasteiger partial charge is 0.271 e. The lowest BCUT2D eigenvalue weighted by Gasteiger charge is -2.24. The fourth-order valence-corrected chi connectivity index (χ4v) is 3.38. The number of hydrazine groups is 1. The molecule has 2 aliphatic carbocycles. The van der Waals surface area contributed by atoms with E-state index in [-0.39, 0.29) is 6.04 Å². The lowest BCUT2D eigenvalue weighted by Crippen LogP contribution is -2.42. The third-order valence-electron chi connectivity index (χ3n) is 4.52. The molecule has 18 heavy (non-hydrogen) atoms. The van der Waals surface area contributed by atoms with E-state index in [1.165, 1.54) is 31.4 Å². The van der Waals surface area contributed by atoms with Crippen LogP contribution in [-0.2, 0) is 6.42 Å². The lowest BCUT2D eigenvalue weighted by molar-refractivity contribution is 0.333. The molecule has 2 saturated carbocycles. The van der Waals surface area contributed by atoms with Gasteiger partial charge in [-0.2, -0.15) is 0 Å². The van der Waals surface area contributed by atoms with Crippen LogP contribution in [0.15, 0.2) is 18.2 Å². The van der Waals surface area contributed by atoms with Crippen LogP contribution >= 0.6 is 0 Å². The van der Waals surface area contributed by atoms with E-state index in [4.69, 9.17) is 5.84 Å². The zero-order valence-electron chi connectivity index (χ0n) is 10.2. The van der Waals surface area contributed by atoms with Crippen molar-refractivity contribution in [2.75, 3.05) is 0 Å². The molecule has 3 unspecified atom stereocenters. The van der Waals surface area contributed by atoms with Gasteiger partial charge >= 0.3 is 0 Å². The van der Waals surface area contributed by atoms with E-state index < -0.39 is 11.6 Å². The summed E-state index contributed by atoms with van der Waals surface area (Å²) in [6.07, 6.45) is 4.29. The summed E-state index contributed by atoms with van der Waals surface area (Å²) in [7, 11) is 0. The first-order valence-corrected chi connectivity index (χ1v) is 6.57. The average Bonchev–Trinajstić information content (AvgIpc) is 2.95. The molecule has 98 valence electrons. The van der Waals surface area contributed by atoms with Crippen molar-refractivity contribution in [3.8, 4) is 0 Å².